The predicted molar refractivity (Wildman–Crippen MR) is 112 cm³/mol. The van der Waals surface area contributed by atoms with Crippen LogP contribution in [0.5, 0.6) is 0 Å². The highest BCUT2D eigenvalue weighted by molar-refractivity contribution is 7.99. The summed E-state index contributed by atoms with van der Waals surface area (Å²) in [4.78, 5) is 24.4. The molecule has 1 heterocycles. The normalized spacial score (nSPS) is 17.6. The van der Waals surface area contributed by atoms with Crippen molar-refractivity contribution in [2.24, 2.45) is 5.92 Å². The molecular formula is C22H28N2O3S. The van der Waals surface area contributed by atoms with E-state index in [1.807, 2.05) is 36.0 Å². The summed E-state index contributed by atoms with van der Waals surface area (Å²) in [7, 11) is 0. The van der Waals surface area contributed by atoms with Gasteiger partial charge in [-0.2, -0.15) is 11.8 Å². The summed E-state index contributed by atoms with van der Waals surface area (Å²) in [6.45, 7) is 0.858. The molecule has 2 amide bonds. The second-order valence-corrected chi connectivity index (χ2v) is 9.09. The van der Waals surface area contributed by atoms with E-state index in [2.05, 4.69) is 10.6 Å². The first-order chi connectivity index (χ1) is 13.7. The van der Waals surface area contributed by atoms with E-state index in [4.69, 9.17) is 4.42 Å². The Morgan fingerprint density at radius 2 is 1.75 bits per heavy atom. The molecule has 0 radical (unpaired) electrons. The second kappa shape index (κ2) is 9.03. The van der Waals surface area contributed by atoms with Crippen LogP contribution in [0, 0.1) is 5.92 Å². The number of benzene rings is 1. The average molecular weight is 401 g/mol. The van der Waals surface area contributed by atoms with Gasteiger partial charge in [0.15, 0.2) is 5.76 Å². The maximum atomic E-state index is 12.8. The molecule has 0 spiro atoms. The van der Waals surface area contributed by atoms with Gasteiger partial charge in [0, 0.05) is 41.0 Å². The smallest absolute Gasteiger partial charge is 0.287 e. The molecule has 28 heavy (non-hydrogen) atoms. The first kappa shape index (κ1) is 19.4. The van der Waals surface area contributed by atoms with Crippen molar-refractivity contribution in [1.82, 2.24) is 10.6 Å². The lowest BCUT2D eigenvalue weighted by Crippen LogP contribution is -2.35. The number of para-hydroxylation sites is 1. The molecule has 1 aromatic heterocycles. The average Bonchev–Trinajstić information content (AvgIpc) is 3.51. The van der Waals surface area contributed by atoms with Crippen LogP contribution in [0.1, 0.15) is 61.1 Å². The Balaban J connectivity index is 1.39. The summed E-state index contributed by atoms with van der Waals surface area (Å²) in [6.07, 6.45) is 8.47. The molecule has 0 bridgehead atoms. The zero-order valence-electron chi connectivity index (χ0n) is 16.2. The van der Waals surface area contributed by atoms with E-state index in [1.54, 1.807) is 0 Å². The van der Waals surface area contributed by atoms with Crippen LogP contribution < -0.4 is 10.6 Å². The number of rotatable bonds is 8. The first-order valence-corrected chi connectivity index (χ1v) is 11.4. The molecule has 2 aromatic rings. The van der Waals surface area contributed by atoms with Crippen LogP contribution in [0.2, 0.25) is 0 Å². The Morgan fingerprint density at radius 1 is 1.00 bits per heavy atom. The number of nitrogens with one attached hydrogen (secondary N) is 2. The molecule has 0 aliphatic heterocycles. The fourth-order valence-electron chi connectivity index (χ4n) is 3.79. The number of carbonyl (C=O) groups excluding carboxylic acids is 2. The van der Waals surface area contributed by atoms with Gasteiger partial charge < -0.3 is 15.1 Å². The van der Waals surface area contributed by atoms with Crippen LogP contribution in [-0.4, -0.2) is 30.2 Å². The molecule has 6 heteroatoms. The molecule has 4 rings (SSSR count). The van der Waals surface area contributed by atoms with Crippen LogP contribution >= 0.6 is 11.8 Å². The molecule has 0 unspecified atom stereocenters. The van der Waals surface area contributed by atoms with Crippen molar-refractivity contribution in [3.63, 3.8) is 0 Å². The summed E-state index contributed by atoms with van der Waals surface area (Å²) in [5, 5.41) is 7.47. The van der Waals surface area contributed by atoms with Crippen molar-refractivity contribution in [1.29, 1.82) is 0 Å². The molecule has 0 saturated heterocycles. The van der Waals surface area contributed by atoms with Crippen LogP contribution in [0.3, 0.4) is 0 Å². The lowest BCUT2D eigenvalue weighted by atomic mass is 10.0. The molecule has 2 fully saturated rings. The minimum Gasteiger partial charge on any atom is -0.451 e. The summed E-state index contributed by atoms with van der Waals surface area (Å²) < 4.78 is 5.91. The molecule has 1 aromatic carbocycles. The maximum Gasteiger partial charge on any atom is 0.287 e. The Hall–Kier alpha value is -1.95. The van der Waals surface area contributed by atoms with Crippen molar-refractivity contribution in [3.8, 4) is 0 Å². The van der Waals surface area contributed by atoms with Gasteiger partial charge in [-0.15, -0.1) is 0 Å². The molecule has 0 atom stereocenters. The number of thioether (sulfide) groups is 1. The van der Waals surface area contributed by atoms with E-state index >= 15 is 0 Å². The molecule has 5 nitrogen and oxygen atoms in total. The number of hydrogen-bond donors (Lipinski definition) is 2. The molecule has 2 aliphatic carbocycles. The fraction of sp³-hybridized carbons (Fsp3) is 0.545. The quantitative estimate of drug-likeness (QED) is 0.650. The number of fused-ring (bicyclic) bond motifs is 1. The van der Waals surface area contributed by atoms with E-state index in [0.29, 0.717) is 24.1 Å². The minimum atomic E-state index is -0.198. The largest absolute Gasteiger partial charge is 0.451 e. The zero-order chi connectivity index (χ0) is 19.3. The number of carbonyl (C=O) groups is 2. The maximum absolute atomic E-state index is 12.8. The Morgan fingerprint density at radius 3 is 2.54 bits per heavy atom. The molecular weight excluding hydrogens is 372 g/mol. The number of hydrogen-bond acceptors (Lipinski definition) is 4. The van der Waals surface area contributed by atoms with Gasteiger partial charge in [-0.1, -0.05) is 37.5 Å². The van der Waals surface area contributed by atoms with Crippen LogP contribution in [-0.2, 0) is 10.5 Å². The number of amides is 2. The molecule has 2 N–H and O–H groups in total. The molecule has 2 saturated carbocycles. The first-order valence-electron chi connectivity index (χ1n) is 10.4. The van der Waals surface area contributed by atoms with Gasteiger partial charge >= 0.3 is 0 Å². The second-order valence-electron chi connectivity index (χ2n) is 7.80. The monoisotopic (exact) mass is 400 g/mol. The highest BCUT2D eigenvalue weighted by atomic mass is 32.2. The highest BCUT2D eigenvalue weighted by Crippen LogP contribution is 2.35. The van der Waals surface area contributed by atoms with E-state index < -0.39 is 0 Å². The van der Waals surface area contributed by atoms with Gasteiger partial charge in [0.05, 0.1) is 0 Å². The Kier molecular flexibility index (Phi) is 6.25. The fourth-order valence-corrected chi connectivity index (χ4v) is 5.15. The van der Waals surface area contributed by atoms with Gasteiger partial charge in [0.2, 0.25) is 5.91 Å². The van der Waals surface area contributed by atoms with E-state index in [1.165, 1.54) is 32.1 Å². The predicted octanol–water partition coefficient (Wildman–Crippen LogP) is 4.25. The lowest BCUT2D eigenvalue weighted by molar-refractivity contribution is -0.122. The van der Waals surface area contributed by atoms with Crippen LogP contribution in [0.4, 0.5) is 0 Å². The third kappa shape index (κ3) is 4.72. The lowest BCUT2D eigenvalue weighted by Gasteiger charge is -2.20. The van der Waals surface area contributed by atoms with Crippen molar-refractivity contribution < 1.29 is 14.0 Å². The topological polar surface area (TPSA) is 71.3 Å². The van der Waals surface area contributed by atoms with Crippen LogP contribution in [0.25, 0.3) is 11.0 Å². The summed E-state index contributed by atoms with van der Waals surface area (Å²) in [5.41, 5.74) is 1.75. The number of furan rings is 1. The highest BCUT2D eigenvalue weighted by Gasteiger charge is 2.29. The van der Waals surface area contributed by atoms with Crippen molar-refractivity contribution in [3.05, 3.63) is 35.6 Å². The summed E-state index contributed by atoms with van der Waals surface area (Å²) in [5.74, 6) is 1.30. The van der Waals surface area contributed by atoms with Gasteiger partial charge in [0.25, 0.3) is 5.91 Å². The molecule has 2 aliphatic rings. The zero-order valence-corrected chi connectivity index (χ0v) is 17.0. The van der Waals surface area contributed by atoms with Crippen molar-refractivity contribution in [2.45, 2.75) is 55.9 Å². The van der Waals surface area contributed by atoms with E-state index in [-0.39, 0.29) is 17.7 Å². The van der Waals surface area contributed by atoms with E-state index in [9.17, 15) is 9.59 Å². The van der Waals surface area contributed by atoms with Crippen molar-refractivity contribution in [2.75, 3.05) is 13.1 Å². The SMILES string of the molecule is O=C(NCCNC(=O)C1CC1)c1oc2ccccc2c1CSC1CCCCC1. The van der Waals surface area contributed by atoms with Crippen molar-refractivity contribution >= 4 is 34.5 Å². The Labute approximate surface area is 170 Å². The molecule has 150 valence electrons. The standard InChI is InChI=1S/C22H28N2O3S/c25-21(15-10-11-15)23-12-13-24-22(26)20-18(14-28-16-6-2-1-3-7-16)17-8-4-5-9-19(17)27-20/h4-5,8-9,15-16H,1-3,6-7,10-14H2,(H,23,25)(H,24,26). The van der Waals surface area contributed by atoms with Gasteiger partial charge in [0.1, 0.15) is 5.58 Å². The summed E-state index contributed by atoms with van der Waals surface area (Å²) >= 11 is 1.95. The van der Waals surface area contributed by atoms with E-state index in [0.717, 1.165) is 35.1 Å². The van der Waals surface area contributed by atoms with Gasteiger partial charge in [-0.3, -0.25) is 9.59 Å². The summed E-state index contributed by atoms with van der Waals surface area (Å²) in [6, 6.07) is 7.86. The Bertz CT molecular complexity index is 837. The minimum absolute atomic E-state index is 0.0996. The van der Waals surface area contributed by atoms with Gasteiger partial charge in [-0.25, -0.2) is 0 Å². The van der Waals surface area contributed by atoms with Gasteiger partial charge in [-0.05, 0) is 31.7 Å². The van der Waals surface area contributed by atoms with Crippen LogP contribution in [0.15, 0.2) is 28.7 Å². The third-order valence-electron chi connectivity index (χ3n) is 5.58. The third-order valence-corrected chi connectivity index (χ3v) is 6.98.